The number of halogens is 1. The van der Waals surface area contributed by atoms with Gasteiger partial charge >= 0.3 is 0 Å². The Bertz CT molecular complexity index is 1130. The van der Waals surface area contributed by atoms with Gasteiger partial charge in [0.15, 0.2) is 0 Å². The molecular weight excluding hydrogens is 393 g/mol. The topological polar surface area (TPSA) is 81.1 Å². The molecule has 8 heteroatoms. The Morgan fingerprint density at radius 2 is 1.69 bits per heavy atom. The lowest BCUT2D eigenvalue weighted by Crippen LogP contribution is -2.32. The molecule has 29 heavy (non-hydrogen) atoms. The van der Waals surface area contributed by atoms with Gasteiger partial charge in [-0.2, -0.15) is 5.10 Å². The van der Waals surface area contributed by atoms with Gasteiger partial charge in [0.1, 0.15) is 5.82 Å². The fourth-order valence-electron chi connectivity index (χ4n) is 2.88. The van der Waals surface area contributed by atoms with E-state index < -0.39 is 10.0 Å². The molecule has 1 heterocycles. The standard InChI is InChI=1S/C21H22FN3O3S/c1-2-3-16-4-10-19(11-5-16)29(27,28)23-14-15-25-21(26)13-12-20(24-25)17-6-8-18(22)9-7-17/h4-13,23H,2-3,14-15H2,1H3. The van der Waals surface area contributed by atoms with E-state index >= 15 is 0 Å². The van der Waals surface area contributed by atoms with E-state index in [2.05, 4.69) is 16.7 Å². The van der Waals surface area contributed by atoms with Crippen molar-refractivity contribution in [3.05, 3.63) is 82.4 Å². The second kappa shape index (κ2) is 9.11. The van der Waals surface area contributed by atoms with Crippen LogP contribution in [0.4, 0.5) is 4.39 Å². The van der Waals surface area contributed by atoms with Gasteiger partial charge in [0.05, 0.1) is 17.1 Å². The van der Waals surface area contributed by atoms with Gasteiger partial charge in [0, 0.05) is 18.2 Å². The molecule has 1 N–H and O–H groups in total. The van der Waals surface area contributed by atoms with E-state index in [0.29, 0.717) is 11.3 Å². The van der Waals surface area contributed by atoms with Gasteiger partial charge in [0.25, 0.3) is 5.56 Å². The first kappa shape index (κ1) is 20.9. The number of aromatic nitrogens is 2. The molecule has 0 aliphatic carbocycles. The van der Waals surface area contributed by atoms with Crippen molar-refractivity contribution >= 4 is 10.0 Å². The lowest BCUT2D eigenvalue weighted by Gasteiger charge is -2.10. The average molecular weight is 415 g/mol. The second-order valence-electron chi connectivity index (χ2n) is 6.58. The Hall–Kier alpha value is -2.84. The van der Waals surface area contributed by atoms with Crippen LogP contribution in [0.3, 0.4) is 0 Å². The molecule has 0 amide bonds. The van der Waals surface area contributed by atoms with Crippen molar-refractivity contribution in [2.45, 2.75) is 31.2 Å². The number of benzene rings is 2. The fraction of sp³-hybridized carbons (Fsp3) is 0.238. The van der Waals surface area contributed by atoms with Crippen LogP contribution in [0.15, 0.2) is 70.4 Å². The number of aryl methyl sites for hydroxylation is 1. The summed E-state index contributed by atoms with van der Waals surface area (Å²) in [6, 6.07) is 15.4. The lowest BCUT2D eigenvalue weighted by molar-refractivity contribution is 0.548. The highest BCUT2D eigenvalue weighted by molar-refractivity contribution is 7.89. The Morgan fingerprint density at radius 1 is 1.00 bits per heavy atom. The van der Waals surface area contributed by atoms with Crippen molar-refractivity contribution < 1.29 is 12.8 Å². The Kier molecular flexibility index (Phi) is 6.56. The van der Waals surface area contributed by atoms with Gasteiger partial charge in [-0.05, 0) is 54.4 Å². The molecule has 0 atom stereocenters. The van der Waals surface area contributed by atoms with Crippen molar-refractivity contribution in [2.75, 3.05) is 6.54 Å². The van der Waals surface area contributed by atoms with Crippen LogP contribution in [0.25, 0.3) is 11.3 Å². The molecular formula is C21H22FN3O3S. The van der Waals surface area contributed by atoms with Crippen LogP contribution in [0.1, 0.15) is 18.9 Å². The molecule has 2 aromatic carbocycles. The van der Waals surface area contributed by atoms with Gasteiger partial charge in [-0.3, -0.25) is 4.79 Å². The summed E-state index contributed by atoms with van der Waals surface area (Å²) in [7, 11) is -3.68. The first-order valence-corrected chi connectivity index (χ1v) is 10.8. The largest absolute Gasteiger partial charge is 0.268 e. The van der Waals surface area contributed by atoms with Gasteiger partial charge in [0.2, 0.25) is 10.0 Å². The summed E-state index contributed by atoms with van der Waals surface area (Å²) in [4.78, 5) is 12.2. The smallest absolute Gasteiger partial charge is 0.266 e. The van der Waals surface area contributed by atoms with Crippen molar-refractivity contribution in [3.8, 4) is 11.3 Å². The number of hydrogen-bond donors (Lipinski definition) is 1. The molecule has 0 aliphatic heterocycles. The maximum Gasteiger partial charge on any atom is 0.266 e. The molecule has 0 bridgehead atoms. The van der Waals surface area contributed by atoms with Crippen LogP contribution in [0.2, 0.25) is 0 Å². The lowest BCUT2D eigenvalue weighted by atomic mass is 10.1. The Morgan fingerprint density at radius 3 is 2.34 bits per heavy atom. The van der Waals surface area contributed by atoms with Gasteiger partial charge in [-0.1, -0.05) is 25.5 Å². The van der Waals surface area contributed by atoms with E-state index in [9.17, 15) is 17.6 Å². The quantitative estimate of drug-likeness (QED) is 0.613. The zero-order valence-corrected chi connectivity index (χ0v) is 16.8. The molecule has 0 fully saturated rings. The van der Waals surface area contributed by atoms with Crippen LogP contribution < -0.4 is 10.3 Å². The highest BCUT2D eigenvalue weighted by Gasteiger charge is 2.13. The summed E-state index contributed by atoms with van der Waals surface area (Å²) < 4.78 is 41.6. The predicted octanol–water partition coefficient (Wildman–Crippen LogP) is 2.98. The number of nitrogens with zero attached hydrogens (tertiary/aromatic N) is 2. The molecule has 0 unspecified atom stereocenters. The number of nitrogens with one attached hydrogen (secondary N) is 1. The SMILES string of the molecule is CCCc1ccc(S(=O)(=O)NCCn2nc(-c3ccc(F)cc3)ccc2=O)cc1. The number of rotatable bonds is 8. The van der Waals surface area contributed by atoms with Crippen molar-refractivity contribution in [3.63, 3.8) is 0 Å². The molecule has 0 spiro atoms. The highest BCUT2D eigenvalue weighted by atomic mass is 32.2. The molecule has 0 saturated carbocycles. The van der Waals surface area contributed by atoms with Crippen molar-refractivity contribution in [2.24, 2.45) is 0 Å². The number of sulfonamides is 1. The fourth-order valence-corrected chi connectivity index (χ4v) is 3.90. The van der Waals surface area contributed by atoms with Gasteiger partial charge in [-0.25, -0.2) is 22.2 Å². The van der Waals surface area contributed by atoms with Gasteiger partial charge < -0.3 is 0 Å². The highest BCUT2D eigenvalue weighted by Crippen LogP contribution is 2.15. The minimum atomic E-state index is -3.68. The molecule has 0 aliphatic rings. The first-order chi connectivity index (χ1) is 13.9. The molecule has 152 valence electrons. The van der Waals surface area contributed by atoms with E-state index in [1.54, 1.807) is 42.5 Å². The third kappa shape index (κ3) is 5.36. The minimum Gasteiger partial charge on any atom is -0.268 e. The minimum absolute atomic E-state index is 0.0127. The zero-order valence-electron chi connectivity index (χ0n) is 16.0. The summed E-state index contributed by atoms with van der Waals surface area (Å²) in [5.41, 5.74) is 1.89. The summed E-state index contributed by atoms with van der Waals surface area (Å²) in [5.74, 6) is -0.362. The molecule has 6 nitrogen and oxygen atoms in total. The normalized spacial score (nSPS) is 11.5. The summed E-state index contributed by atoms with van der Waals surface area (Å²) in [6.07, 6.45) is 1.88. The molecule has 1 aromatic heterocycles. The third-order valence-electron chi connectivity index (χ3n) is 4.39. The average Bonchev–Trinajstić information content (AvgIpc) is 2.71. The van der Waals surface area contributed by atoms with Crippen LogP contribution in [0.5, 0.6) is 0 Å². The van der Waals surface area contributed by atoms with E-state index in [0.717, 1.165) is 18.4 Å². The summed E-state index contributed by atoms with van der Waals surface area (Å²) >= 11 is 0. The molecule has 3 aromatic rings. The van der Waals surface area contributed by atoms with E-state index in [1.807, 2.05) is 0 Å². The summed E-state index contributed by atoms with van der Waals surface area (Å²) in [6.45, 7) is 2.15. The van der Waals surface area contributed by atoms with Crippen molar-refractivity contribution in [1.29, 1.82) is 0 Å². The monoisotopic (exact) mass is 415 g/mol. The van der Waals surface area contributed by atoms with Crippen LogP contribution >= 0.6 is 0 Å². The van der Waals surface area contributed by atoms with Crippen LogP contribution in [-0.2, 0) is 23.0 Å². The summed E-state index contributed by atoms with van der Waals surface area (Å²) in [5, 5.41) is 4.24. The van der Waals surface area contributed by atoms with Gasteiger partial charge in [-0.15, -0.1) is 0 Å². The predicted molar refractivity (Wildman–Crippen MR) is 110 cm³/mol. The molecule has 0 radical (unpaired) electrons. The maximum atomic E-state index is 13.1. The molecule has 0 saturated heterocycles. The van der Waals surface area contributed by atoms with E-state index in [-0.39, 0.29) is 29.4 Å². The third-order valence-corrected chi connectivity index (χ3v) is 5.87. The van der Waals surface area contributed by atoms with E-state index in [1.165, 1.54) is 22.9 Å². The van der Waals surface area contributed by atoms with Crippen molar-refractivity contribution in [1.82, 2.24) is 14.5 Å². The molecule has 3 rings (SSSR count). The maximum absolute atomic E-state index is 13.1. The number of hydrogen-bond acceptors (Lipinski definition) is 4. The first-order valence-electron chi connectivity index (χ1n) is 9.32. The Labute approximate surface area is 169 Å². The zero-order chi connectivity index (χ0) is 20.9. The second-order valence-corrected chi connectivity index (χ2v) is 8.35. The van der Waals surface area contributed by atoms with Crippen LogP contribution in [-0.4, -0.2) is 24.7 Å². The van der Waals surface area contributed by atoms with Crippen LogP contribution in [0, 0.1) is 5.82 Å². The van der Waals surface area contributed by atoms with E-state index in [4.69, 9.17) is 0 Å². The Balaban J connectivity index is 1.68.